The van der Waals surface area contributed by atoms with E-state index in [0.29, 0.717) is 0 Å². The molecule has 0 atom stereocenters. The van der Waals surface area contributed by atoms with E-state index in [4.69, 9.17) is 5.26 Å². The molecule has 0 aromatic heterocycles. The molecule has 1 aromatic carbocycles. The van der Waals surface area contributed by atoms with Crippen LogP contribution in [0.1, 0.15) is 31.2 Å². The highest BCUT2D eigenvalue weighted by atomic mass is 32.2. The van der Waals surface area contributed by atoms with Gasteiger partial charge in [-0.3, -0.25) is 0 Å². The molecule has 0 amide bonds. The van der Waals surface area contributed by atoms with E-state index in [2.05, 4.69) is 12.1 Å². The Kier molecular flexibility index (Phi) is 3.69. The number of nitriles is 1. The van der Waals surface area contributed by atoms with Crippen molar-refractivity contribution in [1.82, 2.24) is 0 Å². The van der Waals surface area contributed by atoms with Crippen LogP contribution in [0, 0.1) is 17.2 Å². The fourth-order valence-corrected chi connectivity index (χ4v) is 3.19. The van der Waals surface area contributed by atoms with Crippen LogP contribution in [0.15, 0.2) is 29.2 Å². The minimum absolute atomic E-state index is 0.770. The lowest BCUT2D eigenvalue weighted by Gasteiger charge is -2.07. The number of hydrogen-bond donors (Lipinski definition) is 0. The third-order valence-electron chi connectivity index (χ3n) is 2.92. The Hall–Kier alpha value is -0.940. The van der Waals surface area contributed by atoms with Gasteiger partial charge < -0.3 is 0 Å². The van der Waals surface area contributed by atoms with Gasteiger partial charge >= 0.3 is 0 Å². The minimum Gasteiger partial charge on any atom is -0.192 e. The highest BCUT2D eigenvalue weighted by Crippen LogP contribution is 2.31. The molecule has 78 valence electrons. The molecule has 0 radical (unpaired) electrons. The lowest BCUT2D eigenvalue weighted by molar-refractivity contribution is 0.623. The molecule has 0 bridgehead atoms. The van der Waals surface area contributed by atoms with E-state index in [1.54, 1.807) is 0 Å². The summed E-state index contributed by atoms with van der Waals surface area (Å²) in [5.74, 6) is 2.12. The highest BCUT2D eigenvalue weighted by molar-refractivity contribution is 7.99. The predicted octanol–water partition coefficient (Wildman–Crippen LogP) is 3.84. The molecule has 0 spiro atoms. The average molecular weight is 217 g/mol. The average Bonchev–Trinajstić information content (AvgIpc) is 2.79. The van der Waals surface area contributed by atoms with Gasteiger partial charge in [0.2, 0.25) is 0 Å². The monoisotopic (exact) mass is 217 g/mol. The summed E-state index contributed by atoms with van der Waals surface area (Å²) in [6, 6.07) is 10.1. The zero-order valence-corrected chi connectivity index (χ0v) is 9.59. The van der Waals surface area contributed by atoms with Crippen LogP contribution in [-0.4, -0.2) is 5.75 Å². The molecule has 1 aromatic rings. The van der Waals surface area contributed by atoms with Crippen molar-refractivity contribution < 1.29 is 0 Å². The molecule has 2 rings (SSSR count). The van der Waals surface area contributed by atoms with Crippen LogP contribution in [0.2, 0.25) is 0 Å². The summed E-state index contributed by atoms with van der Waals surface area (Å²) in [6.07, 6.45) is 5.60. The van der Waals surface area contributed by atoms with Gasteiger partial charge in [0.1, 0.15) is 0 Å². The molecule has 15 heavy (non-hydrogen) atoms. The topological polar surface area (TPSA) is 23.8 Å². The van der Waals surface area contributed by atoms with Crippen molar-refractivity contribution in [3.63, 3.8) is 0 Å². The Morgan fingerprint density at radius 2 is 2.13 bits per heavy atom. The van der Waals surface area contributed by atoms with E-state index >= 15 is 0 Å². The van der Waals surface area contributed by atoms with Gasteiger partial charge in [-0.2, -0.15) is 5.26 Å². The Morgan fingerprint density at radius 3 is 2.87 bits per heavy atom. The second-order valence-electron chi connectivity index (χ2n) is 4.10. The maximum absolute atomic E-state index is 8.78. The van der Waals surface area contributed by atoms with Crippen molar-refractivity contribution >= 4 is 11.8 Å². The van der Waals surface area contributed by atoms with Crippen molar-refractivity contribution in [3.05, 3.63) is 29.8 Å². The molecule has 1 fully saturated rings. The van der Waals surface area contributed by atoms with E-state index in [0.717, 1.165) is 11.5 Å². The zero-order chi connectivity index (χ0) is 10.5. The van der Waals surface area contributed by atoms with E-state index in [1.807, 2.05) is 30.0 Å². The Bertz CT molecular complexity index is 361. The van der Waals surface area contributed by atoms with Crippen LogP contribution in [-0.2, 0) is 0 Å². The van der Waals surface area contributed by atoms with Crippen LogP contribution >= 0.6 is 11.8 Å². The quantitative estimate of drug-likeness (QED) is 0.718. The van der Waals surface area contributed by atoms with Gasteiger partial charge in [-0.25, -0.2) is 0 Å². The Balaban J connectivity index is 1.90. The van der Waals surface area contributed by atoms with Gasteiger partial charge in [-0.1, -0.05) is 18.9 Å². The fraction of sp³-hybridized carbons (Fsp3) is 0.462. The van der Waals surface area contributed by atoms with Crippen molar-refractivity contribution in [3.8, 4) is 6.07 Å². The summed E-state index contributed by atoms with van der Waals surface area (Å²) in [5.41, 5.74) is 0.770. The molecule has 0 saturated heterocycles. The Morgan fingerprint density at radius 1 is 1.33 bits per heavy atom. The molecule has 0 aliphatic heterocycles. The zero-order valence-electron chi connectivity index (χ0n) is 8.78. The molecule has 1 saturated carbocycles. The molecular weight excluding hydrogens is 202 g/mol. The third-order valence-corrected chi connectivity index (χ3v) is 4.15. The van der Waals surface area contributed by atoms with E-state index in [1.165, 1.54) is 36.3 Å². The first kappa shape index (κ1) is 10.6. The van der Waals surface area contributed by atoms with Crippen LogP contribution in [0.4, 0.5) is 0 Å². The second kappa shape index (κ2) is 5.23. The molecular formula is C13H15NS. The molecule has 1 aliphatic rings. The van der Waals surface area contributed by atoms with Crippen LogP contribution in [0.25, 0.3) is 0 Å². The van der Waals surface area contributed by atoms with Gasteiger partial charge in [0.25, 0.3) is 0 Å². The van der Waals surface area contributed by atoms with Crippen LogP contribution in [0.3, 0.4) is 0 Å². The maximum Gasteiger partial charge on any atom is 0.0992 e. The minimum atomic E-state index is 0.770. The standard InChI is InChI=1S/C13H15NS/c14-9-12-6-3-7-13(8-12)15-10-11-4-1-2-5-11/h3,6-8,11H,1-2,4-5,10H2. The second-order valence-corrected chi connectivity index (χ2v) is 5.19. The largest absolute Gasteiger partial charge is 0.192 e. The van der Waals surface area contributed by atoms with Gasteiger partial charge in [-0.05, 0) is 37.0 Å². The first-order valence-corrected chi connectivity index (χ1v) is 6.50. The SMILES string of the molecule is N#Cc1cccc(SCC2CCCC2)c1. The number of thioether (sulfide) groups is 1. The van der Waals surface area contributed by atoms with Gasteiger partial charge in [0.15, 0.2) is 0 Å². The fourth-order valence-electron chi connectivity index (χ4n) is 2.05. The molecule has 0 N–H and O–H groups in total. The number of benzene rings is 1. The number of rotatable bonds is 3. The predicted molar refractivity (Wildman–Crippen MR) is 63.8 cm³/mol. The van der Waals surface area contributed by atoms with Crippen LogP contribution < -0.4 is 0 Å². The summed E-state index contributed by atoms with van der Waals surface area (Å²) < 4.78 is 0. The third kappa shape index (κ3) is 3.00. The normalized spacial score (nSPS) is 16.5. The summed E-state index contributed by atoms with van der Waals surface area (Å²) in [7, 11) is 0. The van der Waals surface area contributed by atoms with E-state index in [-0.39, 0.29) is 0 Å². The molecule has 2 heteroatoms. The first-order valence-electron chi connectivity index (χ1n) is 5.51. The molecule has 0 heterocycles. The lowest BCUT2D eigenvalue weighted by Crippen LogP contribution is -1.96. The van der Waals surface area contributed by atoms with Crippen molar-refractivity contribution in [1.29, 1.82) is 5.26 Å². The van der Waals surface area contributed by atoms with Crippen molar-refractivity contribution in [2.45, 2.75) is 30.6 Å². The van der Waals surface area contributed by atoms with Crippen LogP contribution in [0.5, 0.6) is 0 Å². The summed E-state index contributed by atoms with van der Waals surface area (Å²) in [4.78, 5) is 1.24. The summed E-state index contributed by atoms with van der Waals surface area (Å²) in [6.45, 7) is 0. The first-order chi connectivity index (χ1) is 7.38. The Labute approximate surface area is 95.5 Å². The van der Waals surface area contributed by atoms with Crippen molar-refractivity contribution in [2.75, 3.05) is 5.75 Å². The smallest absolute Gasteiger partial charge is 0.0992 e. The number of nitrogens with zero attached hydrogens (tertiary/aromatic N) is 1. The summed E-state index contributed by atoms with van der Waals surface area (Å²) in [5, 5.41) is 8.78. The van der Waals surface area contributed by atoms with Gasteiger partial charge in [0.05, 0.1) is 11.6 Å². The summed E-state index contributed by atoms with van der Waals surface area (Å²) >= 11 is 1.90. The van der Waals surface area contributed by atoms with Gasteiger partial charge in [-0.15, -0.1) is 11.8 Å². The lowest BCUT2D eigenvalue weighted by atomic mass is 10.1. The van der Waals surface area contributed by atoms with E-state index < -0.39 is 0 Å². The van der Waals surface area contributed by atoms with Gasteiger partial charge in [0, 0.05) is 10.6 Å². The van der Waals surface area contributed by atoms with E-state index in [9.17, 15) is 0 Å². The van der Waals surface area contributed by atoms with Crippen molar-refractivity contribution in [2.24, 2.45) is 5.92 Å². The maximum atomic E-state index is 8.78. The number of hydrogen-bond acceptors (Lipinski definition) is 2. The molecule has 1 nitrogen and oxygen atoms in total. The molecule has 0 unspecified atom stereocenters. The highest BCUT2D eigenvalue weighted by Gasteiger charge is 2.14. The molecule has 1 aliphatic carbocycles.